The smallest absolute Gasteiger partial charge is 0.243 e. The summed E-state index contributed by atoms with van der Waals surface area (Å²) in [6.45, 7) is 1.87. The van der Waals surface area contributed by atoms with Gasteiger partial charge in [0.1, 0.15) is 5.82 Å². The number of carbonyl (C=O) groups is 2. The number of methoxy groups -OCH3 is 2. The zero-order valence-electron chi connectivity index (χ0n) is 17.0. The molecule has 0 saturated carbocycles. The molecule has 2 aromatic carbocycles. The number of ether oxygens (including phenoxy) is 2. The standard InChI is InChI=1S/C21H25FN2O4S/c1-14-8-18(27-3)19(28-4)9-15(14)12-29-13-21(26)24(2)11-20(25)23-17-7-5-6-16(22)10-17/h5-10H,11-13H2,1-4H3,(H,23,25). The number of halogens is 1. The minimum atomic E-state index is -0.436. The van der Waals surface area contributed by atoms with Crippen molar-refractivity contribution in [1.29, 1.82) is 0 Å². The zero-order chi connectivity index (χ0) is 21.4. The number of amides is 2. The van der Waals surface area contributed by atoms with Gasteiger partial charge in [-0.15, -0.1) is 11.8 Å². The molecular formula is C21H25FN2O4S. The third-order valence-electron chi connectivity index (χ3n) is 4.24. The van der Waals surface area contributed by atoms with Crippen molar-refractivity contribution >= 4 is 29.3 Å². The molecule has 0 bridgehead atoms. The van der Waals surface area contributed by atoms with Crippen molar-refractivity contribution < 1.29 is 23.5 Å². The van der Waals surface area contributed by atoms with E-state index in [9.17, 15) is 14.0 Å². The normalized spacial score (nSPS) is 10.4. The number of benzene rings is 2. The Morgan fingerprint density at radius 3 is 2.48 bits per heavy atom. The number of hydrogen-bond acceptors (Lipinski definition) is 5. The van der Waals surface area contributed by atoms with Gasteiger partial charge in [-0.1, -0.05) is 6.07 Å². The summed E-state index contributed by atoms with van der Waals surface area (Å²) in [6.07, 6.45) is 0. The molecule has 0 atom stereocenters. The predicted octanol–water partition coefficient (Wildman–Crippen LogP) is 3.48. The van der Waals surface area contributed by atoms with Crippen LogP contribution in [0.25, 0.3) is 0 Å². The summed E-state index contributed by atoms with van der Waals surface area (Å²) in [5.41, 5.74) is 2.45. The summed E-state index contributed by atoms with van der Waals surface area (Å²) in [4.78, 5) is 25.7. The van der Waals surface area contributed by atoms with E-state index in [1.165, 1.54) is 34.9 Å². The van der Waals surface area contributed by atoms with Crippen LogP contribution in [-0.2, 0) is 15.3 Å². The second-order valence-electron chi connectivity index (χ2n) is 6.43. The van der Waals surface area contributed by atoms with E-state index in [0.717, 1.165) is 11.1 Å². The van der Waals surface area contributed by atoms with Crippen LogP contribution in [0.4, 0.5) is 10.1 Å². The van der Waals surface area contributed by atoms with E-state index in [4.69, 9.17) is 9.47 Å². The Labute approximate surface area is 174 Å². The first-order chi connectivity index (χ1) is 13.8. The van der Waals surface area contributed by atoms with Gasteiger partial charge in [0.25, 0.3) is 0 Å². The first kappa shape index (κ1) is 22.5. The molecule has 0 spiro atoms. The highest BCUT2D eigenvalue weighted by atomic mass is 32.2. The van der Waals surface area contributed by atoms with Gasteiger partial charge in [-0.05, 0) is 48.4 Å². The monoisotopic (exact) mass is 420 g/mol. The van der Waals surface area contributed by atoms with E-state index in [0.29, 0.717) is 22.9 Å². The summed E-state index contributed by atoms with van der Waals surface area (Å²) in [6, 6.07) is 9.42. The van der Waals surface area contributed by atoms with Crippen LogP contribution in [0.2, 0.25) is 0 Å². The van der Waals surface area contributed by atoms with E-state index >= 15 is 0 Å². The number of nitrogens with one attached hydrogen (secondary N) is 1. The molecule has 0 fully saturated rings. The Morgan fingerprint density at radius 1 is 1.14 bits per heavy atom. The third-order valence-corrected chi connectivity index (χ3v) is 5.21. The van der Waals surface area contributed by atoms with Crippen LogP contribution in [0, 0.1) is 12.7 Å². The van der Waals surface area contributed by atoms with Crippen LogP contribution >= 0.6 is 11.8 Å². The van der Waals surface area contributed by atoms with Gasteiger partial charge < -0.3 is 19.7 Å². The van der Waals surface area contributed by atoms with Gasteiger partial charge in [0, 0.05) is 18.5 Å². The molecule has 29 heavy (non-hydrogen) atoms. The maximum Gasteiger partial charge on any atom is 0.243 e. The molecule has 156 valence electrons. The van der Waals surface area contributed by atoms with Crippen molar-refractivity contribution in [3.63, 3.8) is 0 Å². The van der Waals surface area contributed by atoms with Crippen molar-refractivity contribution in [1.82, 2.24) is 4.90 Å². The number of thioether (sulfide) groups is 1. The lowest BCUT2D eigenvalue weighted by Gasteiger charge is -2.17. The molecule has 0 heterocycles. The van der Waals surface area contributed by atoms with Crippen LogP contribution in [-0.4, -0.2) is 50.3 Å². The molecule has 1 N–H and O–H groups in total. The SMILES string of the molecule is COc1cc(C)c(CSCC(=O)N(C)CC(=O)Nc2cccc(F)c2)cc1OC. The highest BCUT2D eigenvalue weighted by Gasteiger charge is 2.14. The van der Waals surface area contributed by atoms with Crippen molar-refractivity contribution in [2.24, 2.45) is 0 Å². The molecule has 0 aliphatic carbocycles. The Hall–Kier alpha value is -2.74. The topological polar surface area (TPSA) is 67.9 Å². The zero-order valence-corrected chi connectivity index (χ0v) is 17.8. The van der Waals surface area contributed by atoms with Gasteiger partial charge in [-0.25, -0.2) is 4.39 Å². The van der Waals surface area contributed by atoms with Crippen LogP contribution in [0.1, 0.15) is 11.1 Å². The summed E-state index contributed by atoms with van der Waals surface area (Å²) in [5.74, 6) is 1.19. The molecule has 6 nitrogen and oxygen atoms in total. The molecule has 2 rings (SSSR count). The number of rotatable bonds is 9. The van der Waals surface area contributed by atoms with Crippen molar-refractivity contribution in [3.05, 3.63) is 53.3 Å². The van der Waals surface area contributed by atoms with Gasteiger partial charge in [-0.2, -0.15) is 0 Å². The fourth-order valence-electron chi connectivity index (χ4n) is 2.61. The van der Waals surface area contributed by atoms with Gasteiger partial charge in [0.2, 0.25) is 11.8 Å². The van der Waals surface area contributed by atoms with Crippen LogP contribution < -0.4 is 14.8 Å². The Balaban J connectivity index is 1.83. The summed E-state index contributed by atoms with van der Waals surface area (Å²) in [7, 11) is 4.73. The number of aryl methyl sites for hydroxylation is 1. The minimum Gasteiger partial charge on any atom is -0.493 e. The molecule has 2 aromatic rings. The predicted molar refractivity (Wildman–Crippen MR) is 113 cm³/mol. The molecule has 0 unspecified atom stereocenters. The third kappa shape index (κ3) is 6.67. The molecule has 0 saturated heterocycles. The number of hydrogen-bond donors (Lipinski definition) is 1. The first-order valence-electron chi connectivity index (χ1n) is 8.92. The quantitative estimate of drug-likeness (QED) is 0.673. The van der Waals surface area contributed by atoms with Gasteiger partial charge in [0.15, 0.2) is 11.5 Å². The molecule has 2 amide bonds. The second-order valence-corrected chi connectivity index (χ2v) is 7.42. The summed E-state index contributed by atoms with van der Waals surface area (Å²) in [5, 5.41) is 2.58. The lowest BCUT2D eigenvalue weighted by Crippen LogP contribution is -2.36. The highest BCUT2D eigenvalue weighted by Crippen LogP contribution is 2.31. The molecular weight excluding hydrogens is 395 g/mol. The van der Waals surface area contributed by atoms with E-state index < -0.39 is 5.82 Å². The van der Waals surface area contributed by atoms with Crippen molar-refractivity contribution in [2.75, 3.05) is 38.9 Å². The van der Waals surface area contributed by atoms with E-state index in [1.54, 1.807) is 27.3 Å². The number of carbonyl (C=O) groups excluding carboxylic acids is 2. The van der Waals surface area contributed by atoms with Crippen molar-refractivity contribution in [3.8, 4) is 11.5 Å². The van der Waals surface area contributed by atoms with Gasteiger partial charge >= 0.3 is 0 Å². The Bertz CT molecular complexity index is 876. The number of likely N-dealkylation sites (N-methyl/N-ethyl adjacent to an activating group) is 1. The van der Waals surface area contributed by atoms with Crippen LogP contribution in [0.5, 0.6) is 11.5 Å². The number of anilines is 1. The second kappa shape index (κ2) is 10.7. The average molecular weight is 421 g/mol. The van der Waals surface area contributed by atoms with E-state index in [-0.39, 0.29) is 24.1 Å². The van der Waals surface area contributed by atoms with Crippen LogP contribution in [0.3, 0.4) is 0 Å². The maximum absolute atomic E-state index is 13.2. The maximum atomic E-state index is 13.2. The Morgan fingerprint density at radius 2 is 1.83 bits per heavy atom. The summed E-state index contributed by atoms with van der Waals surface area (Å²) < 4.78 is 23.8. The lowest BCUT2D eigenvalue weighted by atomic mass is 10.1. The Kier molecular flexibility index (Phi) is 8.33. The van der Waals surface area contributed by atoms with Gasteiger partial charge in [-0.3, -0.25) is 9.59 Å². The molecule has 0 radical (unpaired) electrons. The average Bonchev–Trinajstić information content (AvgIpc) is 2.68. The van der Waals surface area contributed by atoms with E-state index in [2.05, 4.69) is 5.32 Å². The molecule has 0 aliphatic rings. The summed E-state index contributed by atoms with van der Waals surface area (Å²) >= 11 is 1.45. The lowest BCUT2D eigenvalue weighted by molar-refractivity contribution is -0.131. The molecule has 8 heteroatoms. The minimum absolute atomic E-state index is 0.106. The number of nitrogens with zero attached hydrogens (tertiary/aromatic N) is 1. The highest BCUT2D eigenvalue weighted by molar-refractivity contribution is 7.99. The fourth-order valence-corrected chi connectivity index (χ4v) is 3.64. The van der Waals surface area contributed by atoms with Gasteiger partial charge in [0.05, 0.1) is 26.5 Å². The van der Waals surface area contributed by atoms with Crippen molar-refractivity contribution in [2.45, 2.75) is 12.7 Å². The fraction of sp³-hybridized carbons (Fsp3) is 0.333. The molecule has 0 aromatic heterocycles. The van der Waals surface area contributed by atoms with E-state index in [1.807, 2.05) is 19.1 Å². The first-order valence-corrected chi connectivity index (χ1v) is 10.1. The van der Waals surface area contributed by atoms with Crippen LogP contribution in [0.15, 0.2) is 36.4 Å². The molecule has 0 aliphatic heterocycles. The largest absolute Gasteiger partial charge is 0.493 e.